The van der Waals surface area contributed by atoms with Gasteiger partial charge in [-0.05, 0) is 48.7 Å². The first-order valence-electron chi connectivity index (χ1n) is 9.34. The van der Waals surface area contributed by atoms with Gasteiger partial charge in [0.05, 0.1) is 11.6 Å². The summed E-state index contributed by atoms with van der Waals surface area (Å²) >= 11 is 0. The number of rotatable bonds is 5. The zero-order valence-corrected chi connectivity index (χ0v) is 15.2. The van der Waals surface area contributed by atoms with Gasteiger partial charge in [-0.15, -0.1) is 0 Å². The summed E-state index contributed by atoms with van der Waals surface area (Å²) in [4.78, 5) is 24.5. The first-order chi connectivity index (χ1) is 13.2. The highest BCUT2D eigenvalue weighted by molar-refractivity contribution is 6.04. The van der Waals surface area contributed by atoms with Crippen molar-refractivity contribution in [1.82, 2.24) is 5.32 Å². The molecule has 1 fully saturated rings. The SMILES string of the molecule is N#Cc1cccc(NC(=O)c2ccc(CNC(=O)C3CCCCC3)cc2)c1. The van der Waals surface area contributed by atoms with Gasteiger partial charge in [0.25, 0.3) is 5.91 Å². The molecule has 5 nitrogen and oxygen atoms in total. The maximum absolute atomic E-state index is 12.3. The van der Waals surface area contributed by atoms with Crippen LogP contribution >= 0.6 is 0 Å². The van der Waals surface area contributed by atoms with Crippen molar-refractivity contribution >= 4 is 17.5 Å². The maximum atomic E-state index is 12.3. The molecule has 0 aromatic heterocycles. The Morgan fingerprint density at radius 1 is 1.04 bits per heavy atom. The number of carbonyl (C=O) groups is 2. The average Bonchev–Trinajstić information content (AvgIpc) is 2.73. The molecule has 3 rings (SSSR count). The second kappa shape index (κ2) is 9.00. The normalized spacial score (nSPS) is 14.2. The van der Waals surface area contributed by atoms with E-state index in [1.165, 1.54) is 6.42 Å². The Bertz CT molecular complexity index is 847. The summed E-state index contributed by atoms with van der Waals surface area (Å²) in [5, 5.41) is 14.7. The fourth-order valence-electron chi connectivity index (χ4n) is 3.34. The molecular weight excluding hydrogens is 338 g/mol. The number of nitriles is 1. The monoisotopic (exact) mass is 361 g/mol. The number of benzene rings is 2. The van der Waals surface area contributed by atoms with Crippen LogP contribution in [0.4, 0.5) is 5.69 Å². The molecule has 0 saturated heterocycles. The number of hydrogen-bond acceptors (Lipinski definition) is 3. The lowest BCUT2D eigenvalue weighted by Gasteiger charge is -2.20. The third kappa shape index (κ3) is 5.18. The van der Waals surface area contributed by atoms with Gasteiger partial charge in [0.1, 0.15) is 0 Å². The highest BCUT2D eigenvalue weighted by Gasteiger charge is 2.20. The molecular formula is C22H23N3O2. The van der Waals surface area contributed by atoms with E-state index in [4.69, 9.17) is 5.26 Å². The Morgan fingerprint density at radius 2 is 1.78 bits per heavy atom. The predicted molar refractivity (Wildman–Crippen MR) is 104 cm³/mol. The van der Waals surface area contributed by atoms with Gasteiger partial charge in [0, 0.05) is 23.7 Å². The van der Waals surface area contributed by atoms with Crippen LogP contribution in [-0.4, -0.2) is 11.8 Å². The lowest BCUT2D eigenvalue weighted by atomic mass is 9.88. The van der Waals surface area contributed by atoms with Gasteiger partial charge in [-0.3, -0.25) is 9.59 Å². The van der Waals surface area contributed by atoms with Crippen LogP contribution in [0.15, 0.2) is 48.5 Å². The minimum Gasteiger partial charge on any atom is -0.352 e. The van der Waals surface area contributed by atoms with Crippen LogP contribution in [0.25, 0.3) is 0 Å². The van der Waals surface area contributed by atoms with Gasteiger partial charge in [-0.1, -0.05) is 37.5 Å². The number of carbonyl (C=O) groups excluding carboxylic acids is 2. The van der Waals surface area contributed by atoms with Crippen LogP contribution in [0.1, 0.15) is 53.6 Å². The maximum Gasteiger partial charge on any atom is 0.255 e. The van der Waals surface area contributed by atoms with E-state index in [9.17, 15) is 9.59 Å². The molecule has 0 atom stereocenters. The van der Waals surface area contributed by atoms with Crippen molar-refractivity contribution in [3.05, 3.63) is 65.2 Å². The third-order valence-electron chi connectivity index (χ3n) is 4.91. The largest absolute Gasteiger partial charge is 0.352 e. The minimum atomic E-state index is -0.233. The van der Waals surface area contributed by atoms with Crippen LogP contribution < -0.4 is 10.6 Å². The molecule has 2 aromatic rings. The molecule has 0 aliphatic heterocycles. The molecule has 1 aliphatic carbocycles. The van der Waals surface area contributed by atoms with Gasteiger partial charge in [-0.2, -0.15) is 5.26 Å². The fourth-order valence-corrected chi connectivity index (χ4v) is 3.34. The Morgan fingerprint density at radius 3 is 2.48 bits per heavy atom. The second-order valence-electron chi connectivity index (χ2n) is 6.90. The van der Waals surface area contributed by atoms with E-state index in [0.717, 1.165) is 31.2 Å². The summed E-state index contributed by atoms with van der Waals surface area (Å²) in [7, 11) is 0. The summed E-state index contributed by atoms with van der Waals surface area (Å²) in [6.07, 6.45) is 5.47. The standard InChI is InChI=1S/C22H23N3O2/c23-14-17-5-4-8-20(13-17)25-22(27)19-11-9-16(10-12-19)15-24-21(26)18-6-2-1-3-7-18/h4-5,8-13,18H,1-3,6-7,15H2,(H,24,26)(H,25,27). The number of nitrogens with zero attached hydrogens (tertiary/aromatic N) is 1. The first kappa shape index (κ1) is 18.7. The zero-order chi connectivity index (χ0) is 19.1. The van der Waals surface area contributed by atoms with Gasteiger partial charge in [0.2, 0.25) is 5.91 Å². The molecule has 5 heteroatoms. The lowest BCUT2D eigenvalue weighted by Crippen LogP contribution is -2.31. The summed E-state index contributed by atoms with van der Waals surface area (Å²) in [5.41, 5.74) is 2.57. The molecule has 138 valence electrons. The van der Waals surface area contributed by atoms with Crippen molar-refractivity contribution in [2.75, 3.05) is 5.32 Å². The molecule has 2 aromatic carbocycles. The van der Waals surface area contributed by atoms with Crippen molar-refractivity contribution < 1.29 is 9.59 Å². The quantitative estimate of drug-likeness (QED) is 0.844. The molecule has 0 spiro atoms. The third-order valence-corrected chi connectivity index (χ3v) is 4.91. The Hall–Kier alpha value is -3.13. The fraction of sp³-hybridized carbons (Fsp3) is 0.318. The van der Waals surface area contributed by atoms with Crippen LogP contribution in [0, 0.1) is 17.2 Å². The number of amides is 2. The van der Waals surface area contributed by atoms with Crippen LogP contribution in [0.3, 0.4) is 0 Å². The van der Waals surface area contributed by atoms with Crippen molar-refractivity contribution in [3.8, 4) is 6.07 Å². The molecule has 0 radical (unpaired) electrons. The number of anilines is 1. The first-order valence-corrected chi connectivity index (χ1v) is 9.34. The average molecular weight is 361 g/mol. The summed E-state index contributed by atoms with van der Waals surface area (Å²) in [6.45, 7) is 0.474. The summed E-state index contributed by atoms with van der Waals surface area (Å²) in [6, 6.07) is 16.0. The van der Waals surface area contributed by atoms with Crippen molar-refractivity contribution in [2.24, 2.45) is 5.92 Å². The van der Waals surface area contributed by atoms with Crippen molar-refractivity contribution in [3.63, 3.8) is 0 Å². The van der Waals surface area contributed by atoms with Crippen molar-refractivity contribution in [1.29, 1.82) is 5.26 Å². The van der Waals surface area contributed by atoms with E-state index in [0.29, 0.717) is 23.4 Å². The Kier molecular flexibility index (Phi) is 6.22. The van der Waals surface area contributed by atoms with Crippen molar-refractivity contribution in [2.45, 2.75) is 38.6 Å². The molecule has 2 N–H and O–H groups in total. The van der Waals surface area contributed by atoms with Gasteiger partial charge < -0.3 is 10.6 Å². The van der Waals surface area contributed by atoms with Gasteiger partial charge in [-0.25, -0.2) is 0 Å². The van der Waals surface area contributed by atoms with Gasteiger partial charge in [0.15, 0.2) is 0 Å². The molecule has 1 aliphatic rings. The topological polar surface area (TPSA) is 82.0 Å². The Labute approximate surface area is 159 Å². The van der Waals surface area contributed by atoms with Crippen LogP contribution in [0.2, 0.25) is 0 Å². The van der Waals surface area contributed by atoms with E-state index < -0.39 is 0 Å². The highest BCUT2D eigenvalue weighted by Crippen LogP contribution is 2.23. The minimum absolute atomic E-state index is 0.133. The summed E-state index contributed by atoms with van der Waals surface area (Å²) in [5.74, 6) is 0.0461. The van der Waals surface area contributed by atoms with E-state index in [1.807, 2.05) is 18.2 Å². The molecule has 0 heterocycles. The Balaban J connectivity index is 1.54. The second-order valence-corrected chi connectivity index (χ2v) is 6.90. The van der Waals surface area contributed by atoms with Gasteiger partial charge >= 0.3 is 0 Å². The molecule has 2 amide bonds. The smallest absolute Gasteiger partial charge is 0.255 e. The van der Waals surface area contributed by atoms with Crippen LogP contribution in [-0.2, 0) is 11.3 Å². The number of nitrogens with one attached hydrogen (secondary N) is 2. The van der Waals surface area contributed by atoms with E-state index in [2.05, 4.69) is 10.6 Å². The molecule has 0 unspecified atom stereocenters. The molecule has 27 heavy (non-hydrogen) atoms. The summed E-state index contributed by atoms with van der Waals surface area (Å²) < 4.78 is 0. The van der Waals surface area contributed by atoms with E-state index >= 15 is 0 Å². The highest BCUT2D eigenvalue weighted by atomic mass is 16.2. The lowest BCUT2D eigenvalue weighted by molar-refractivity contribution is -0.126. The number of hydrogen-bond donors (Lipinski definition) is 2. The molecule has 0 bridgehead atoms. The van der Waals surface area contributed by atoms with Crippen LogP contribution in [0.5, 0.6) is 0 Å². The molecule has 1 saturated carbocycles. The van der Waals surface area contributed by atoms with E-state index in [1.54, 1.807) is 36.4 Å². The predicted octanol–water partition coefficient (Wildman–Crippen LogP) is 4.01. The zero-order valence-electron chi connectivity index (χ0n) is 15.2. The van der Waals surface area contributed by atoms with E-state index in [-0.39, 0.29) is 17.7 Å².